The molecule has 1 aromatic carbocycles. The van der Waals surface area contributed by atoms with E-state index in [-0.39, 0.29) is 12.2 Å². The van der Waals surface area contributed by atoms with Gasteiger partial charge in [-0.25, -0.2) is 8.78 Å². The van der Waals surface area contributed by atoms with Crippen LogP contribution in [0.2, 0.25) is 0 Å². The van der Waals surface area contributed by atoms with Crippen molar-refractivity contribution in [2.75, 3.05) is 11.9 Å². The van der Waals surface area contributed by atoms with Crippen LogP contribution in [0.25, 0.3) is 0 Å². The van der Waals surface area contributed by atoms with Gasteiger partial charge < -0.3 is 10.6 Å². The summed E-state index contributed by atoms with van der Waals surface area (Å²) in [5, 5.41) is 5.42. The molecular formula is C15H20F2N2O. The normalized spacial score (nSPS) is 15.9. The summed E-state index contributed by atoms with van der Waals surface area (Å²) in [7, 11) is 0. The summed E-state index contributed by atoms with van der Waals surface area (Å²) in [5.74, 6) is -1.17. The van der Waals surface area contributed by atoms with Gasteiger partial charge in [0.2, 0.25) is 5.91 Å². The molecule has 0 aromatic heterocycles. The fraction of sp³-hybridized carbons (Fsp3) is 0.533. The van der Waals surface area contributed by atoms with E-state index in [1.165, 1.54) is 18.9 Å². The molecular weight excluding hydrogens is 262 g/mol. The number of halogens is 2. The highest BCUT2D eigenvalue weighted by Crippen LogP contribution is 2.33. The minimum absolute atomic E-state index is 0.0685. The van der Waals surface area contributed by atoms with E-state index in [4.69, 9.17) is 0 Å². The molecule has 0 spiro atoms. The van der Waals surface area contributed by atoms with E-state index in [0.717, 1.165) is 30.9 Å². The highest BCUT2D eigenvalue weighted by molar-refractivity contribution is 5.92. The summed E-state index contributed by atoms with van der Waals surface area (Å²) in [5.41, 5.74) is -0.380. The third-order valence-corrected chi connectivity index (χ3v) is 3.59. The number of rotatable bonds is 7. The minimum atomic E-state index is -0.761. The Labute approximate surface area is 117 Å². The molecule has 5 heteroatoms. The average molecular weight is 282 g/mol. The van der Waals surface area contributed by atoms with Crippen molar-refractivity contribution in [3.8, 4) is 0 Å². The van der Waals surface area contributed by atoms with Crippen molar-refractivity contribution in [2.45, 2.75) is 38.6 Å². The van der Waals surface area contributed by atoms with Crippen LogP contribution in [0.4, 0.5) is 14.5 Å². The third-order valence-electron chi connectivity index (χ3n) is 3.59. The van der Waals surface area contributed by atoms with E-state index < -0.39 is 17.5 Å². The number of para-hydroxylation sites is 1. The van der Waals surface area contributed by atoms with Gasteiger partial charge >= 0.3 is 0 Å². The van der Waals surface area contributed by atoms with Crippen molar-refractivity contribution in [2.24, 2.45) is 5.92 Å². The lowest BCUT2D eigenvalue weighted by Gasteiger charge is -2.16. The van der Waals surface area contributed by atoms with Gasteiger partial charge in [0.05, 0.1) is 6.54 Å². The summed E-state index contributed by atoms with van der Waals surface area (Å²) in [4.78, 5) is 11.7. The Bertz CT molecular complexity index is 455. The number of hydrogen-bond donors (Lipinski definition) is 2. The van der Waals surface area contributed by atoms with Gasteiger partial charge in [0.25, 0.3) is 0 Å². The fourth-order valence-corrected chi connectivity index (χ4v) is 2.19. The van der Waals surface area contributed by atoms with Crippen LogP contribution in [0.1, 0.15) is 32.6 Å². The fourth-order valence-electron chi connectivity index (χ4n) is 2.19. The average Bonchev–Trinajstić information content (AvgIpc) is 3.23. The summed E-state index contributed by atoms with van der Waals surface area (Å²) in [6, 6.07) is 3.79. The second-order valence-electron chi connectivity index (χ2n) is 5.31. The molecule has 0 saturated heterocycles. The van der Waals surface area contributed by atoms with E-state index in [0.29, 0.717) is 6.04 Å². The van der Waals surface area contributed by atoms with Gasteiger partial charge in [-0.1, -0.05) is 25.8 Å². The van der Waals surface area contributed by atoms with Crippen LogP contribution in [-0.2, 0) is 4.79 Å². The van der Waals surface area contributed by atoms with Crippen molar-refractivity contribution in [3.05, 3.63) is 29.8 Å². The standard InChI is InChI=1S/C15H20F2N2O/c1-2-11(8-10-6-7-10)18-9-14(20)19-15-12(16)4-3-5-13(15)17/h3-5,10-11,18H,2,6-9H2,1H3,(H,19,20). The van der Waals surface area contributed by atoms with Crippen molar-refractivity contribution in [1.29, 1.82) is 0 Å². The van der Waals surface area contributed by atoms with E-state index in [1.807, 2.05) is 0 Å². The van der Waals surface area contributed by atoms with E-state index >= 15 is 0 Å². The molecule has 1 amide bonds. The van der Waals surface area contributed by atoms with Crippen molar-refractivity contribution >= 4 is 11.6 Å². The topological polar surface area (TPSA) is 41.1 Å². The molecule has 20 heavy (non-hydrogen) atoms. The molecule has 3 nitrogen and oxygen atoms in total. The number of carbonyl (C=O) groups excluding carboxylic acids is 1. The molecule has 1 aliphatic carbocycles. The Balaban J connectivity index is 1.82. The van der Waals surface area contributed by atoms with Crippen LogP contribution in [0.3, 0.4) is 0 Å². The smallest absolute Gasteiger partial charge is 0.238 e. The molecule has 2 rings (SSSR count). The Morgan fingerprint density at radius 3 is 2.55 bits per heavy atom. The largest absolute Gasteiger partial charge is 0.320 e. The molecule has 0 bridgehead atoms. The lowest BCUT2D eigenvalue weighted by atomic mass is 10.1. The van der Waals surface area contributed by atoms with Crippen molar-refractivity contribution in [1.82, 2.24) is 5.32 Å². The van der Waals surface area contributed by atoms with Crippen molar-refractivity contribution < 1.29 is 13.6 Å². The van der Waals surface area contributed by atoms with Gasteiger partial charge in [-0.15, -0.1) is 0 Å². The summed E-state index contributed by atoms with van der Waals surface area (Å²) < 4.78 is 26.8. The molecule has 2 N–H and O–H groups in total. The van der Waals surface area contributed by atoms with Crippen molar-refractivity contribution in [3.63, 3.8) is 0 Å². The maximum Gasteiger partial charge on any atom is 0.238 e. The van der Waals surface area contributed by atoms with E-state index in [9.17, 15) is 13.6 Å². The first-order chi connectivity index (χ1) is 9.60. The van der Waals surface area contributed by atoms with Gasteiger partial charge in [0, 0.05) is 6.04 Å². The minimum Gasteiger partial charge on any atom is -0.320 e. The quantitative estimate of drug-likeness (QED) is 0.807. The molecule has 0 heterocycles. The first-order valence-corrected chi connectivity index (χ1v) is 7.07. The molecule has 1 aromatic rings. The van der Waals surface area contributed by atoms with Crippen LogP contribution in [0.15, 0.2) is 18.2 Å². The predicted octanol–water partition coefficient (Wildman–Crippen LogP) is 3.07. The molecule has 0 aliphatic heterocycles. The second kappa shape index (κ2) is 6.79. The Morgan fingerprint density at radius 2 is 2.00 bits per heavy atom. The van der Waals surface area contributed by atoms with Crippen LogP contribution in [0, 0.1) is 17.6 Å². The number of hydrogen-bond acceptors (Lipinski definition) is 2. The van der Waals surface area contributed by atoms with Gasteiger partial charge in [-0.2, -0.15) is 0 Å². The van der Waals surface area contributed by atoms with Gasteiger partial charge in [-0.3, -0.25) is 4.79 Å². The van der Waals surface area contributed by atoms with Gasteiger partial charge in [0.15, 0.2) is 0 Å². The zero-order valence-corrected chi connectivity index (χ0v) is 11.6. The Morgan fingerprint density at radius 1 is 1.35 bits per heavy atom. The predicted molar refractivity (Wildman–Crippen MR) is 74.4 cm³/mol. The Hall–Kier alpha value is -1.49. The highest BCUT2D eigenvalue weighted by Gasteiger charge is 2.24. The molecule has 110 valence electrons. The SMILES string of the molecule is CCC(CC1CC1)NCC(=O)Nc1c(F)cccc1F. The maximum atomic E-state index is 13.4. The first kappa shape index (κ1) is 14.9. The number of amides is 1. The third kappa shape index (κ3) is 4.27. The Kier molecular flexibility index (Phi) is 5.06. The molecule has 0 radical (unpaired) electrons. The summed E-state index contributed by atoms with van der Waals surface area (Å²) in [6.45, 7) is 2.13. The number of nitrogens with one attached hydrogen (secondary N) is 2. The van der Waals surface area contributed by atoms with Gasteiger partial charge in [0.1, 0.15) is 17.3 Å². The zero-order valence-electron chi connectivity index (χ0n) is 11.6. The number of benzene rings is 1. The van der Waals surface area contributed by atoms with Crippen LogP contribution in [0.5, 0.6) is 0 Å². The molecule has 1 aliphatic rings. The lowest BCUT2D eigenvalue weighted by Crippen LogP contribution is -2.36. The van der Waals surface area contributed by atoms with E-state index in [1.54, 1.807) is 0 Å². The highest BCUT2D eigenvalue weighted by atomic mass is 19.1. The monoisotopic (exact) mass is 282 g/mol. The summed E-state index contributed by atoms with van der Waals surface area (Å²) in [6.07, 6.45) is 4.55. The van der Waals surface area contributed by atoms with Gasteiger partial charge in [-0.05, 0) is 30.9 Å². The molecule has 1 atom stereocenters. The summed E-state index contributed by atoms with van der Waals surface area (Å²) >= 11 is 0. The van der Waals surface area contributed by atoms with Crippen LogP contribution >= 0.6 is 0 Å². The molecule has 1 fully saturated rings. The van der Waals surface area contributed by atoms with Crippen LogP contribution in [-0.4, -0.2) is 18.5 Å². The maximum absolute atomic E-state index is 13.4. The molecule has 1 unspecified atom stereocenters. The number of carbonyl (C=O) groups is 1. The zero-order chi connectivity index (χ0) is 14.5. The first-order valence-electron chi connectivity index (χ1n) is 7.07. The second-order valence-corrected chi connectivity index (χ2v) is 5.31. The number of anilines is 1. The van der Waals surface area contributed by atoms with E-state index in [2.05, 4.69) is 17.6 Å². The molecule has 1 saturated carbocycles. The lowest BCUT2D eigenvalue weighted by molar-refractivity contribution is -0.115. The van der Waals surface area contributed by atoms with Crippen LogP contribution < -0.4 is 10.6 Å².